The van der Waals surface area contributed by atoms with E-state index in [9.17, 15) is 0 Å². The van der Waals surface area contributed by atoms with E-state index in [0.717, 1.165) is 24.2 Å². The van der Waals surface area contributed by atoms with Gasteiger partial charge in [-0.1, -0.05) is 172 Å². The average molecular weight is 649 g/mol. The first-order chi connectivity index (χ1) is 24.5. The van der Waals surface area contributed by atoms with Crippen LogP contribution in [0.2, 0.25) is 0 Å². The van der Waals surface area contributed by atoms with E-state index in [4.69, 9.17) is 4.99 Å². The monoisotopic (exact) mass is 648 g/mol. The van der Waals surface area contributed by atoms with E-state index < -0.39 is 0 Å². The van der Waals surface area contributed by atoms with Crippen molar-refractivity contribution in [2.24, 2.45) is 10.9 Å². The van der Waals surface area contributed by atoms with Crippen molar-refractivity contribution >= 4 is 27.4 Å². The highest BCUT2D eigenvalue weighted by Gasteiger charge is 2.45. The molecule has 3 unspecified atom stereocenters. The van der Waals surface area contributed by atoms with Crippen molar-refractivity contribution in [2.45, 2.75) is 52.1 Å². The molecular weight excluding hydrogens is 605 g/mol. The largest absolute Gasteiger partial charge is 0.320 e. The molecule has 3 atom stereocenters. The zero-order valence-electron chi connectivity index (χ0n) is 29.5. The van der Waals surface area contributed by atoms with Gasteiger partial charge in [0, 0.05) is 11.3 Å². The second-order valence-corrected chi connectivity index (χ2v) is 14.0. The van der Waals surface area contributed by atoms with Crippen LogP contribution < -0.4 is 0 Å². The number of nitrogens with zero attached hydrogens (tertiary/aromatic N) is 2. The van der Waals surface area contributed by atoms with Crippen LogP contribution in [-0.4, -0.2) is 22.3 Å². The standard InChI is InChI=1S/C48H44N2/c1-5-17-33(3)43(6-2)50-44-24-15-16-31-48(44,4)49-47(50)38-29-30-41-42(32-38)46(36-20-11-8-12-21-36)40-23-14-13-22-39(40)45(41)37-27-25-35(26-28-37)34-18-9-7-10-19-34/h6-16,18-33,44H,5,17H2,1-4H3/b43-6+. The predicted octanol–water partition coefficient (Wildman–Crippen LogP) is 12.6. The van der Waals surface area contributed by atoms with E-state index in [1.165, 1.54) is 60.6 Å². The quantitative estimate of drug-likeness (QED) is 0.150. The summed E-state index contributed by atoms with van der Waals surface area (Å²) < 4.78 is 0. The van der Waals surface area contributed by atoms with Crippen molar-refractivity contribution < 1.29 is 0 Å². The summed E-state index contributed by atoms with van der Waals surface area (Å²) in [6.45, 7) is 9.11. The summed E-state index contributed by atoms with van der Waals surface area (Å²) in [5, 5.41) is 5.01. The number of rotatable bonds is 8. The Balaban J connectivity index is 1.38. The lowest BCUT2D eigenvalue weighted by Crippen LogP contribution is -2.44. The lowest BCUT2D eigenvalue weighted by Gasteiger charge is -2.37. The zero-order valence-corrected chi connectivity index (χ0v) is 29.5. The second kappa shape index (κ2) is 13.1. The lowest BCUT2D eigenvalue weighted by molar-refractivity contribution is 0.337. The fourth-order valence-corrected chi connectivity index (χ4v) is 8.31. The zero-order chi connectivity index (χ0) is 34.2. The molecule has 2 aliphatic rings. The summed E-state index contributed by atoms with van der Waals surface area (Å²) in [5.74, 6) is 1.47. The van der Waals surface area contributed by atoms with Crippen molar-refractivity contribution in [3.8, 4) is 33.4 Å². The molecule has 2 nitrogen and oxygen atoms in total. The van der Waals surface area contributed by atoms with Crippen LogP contribution >= 0.6 is 0 Å². The highest BCUT2D eigenvalue weighted by atomic mass is 15.3. The fraction of sp³-hybridized carbons (Fsp3) is 0.188. The molecule has 0 bridgehead atoms. The molecule has 8 rings (SSSR count). The molecule has 246 valence electrons. The Bertz CT molecular complexity index is 2310. The maximum absolute atomic E-state index is 5.56. The molecule has 0 saturated heterocycles. The van der Waals surface area contributed by atoms with Crippen LogP contribution in [0.25, 0.3) is 54.9 Å². The molecule has 2 heteroatoms. The van der Waals surface area contributed by atoms with Gasteiger partial charge in [0.15, 0.2) is 0 Å². The van der Waals surface area contributed by atoms with Crippen molar-refractivity contribution in [1.29, 1.82) is 0 Å². The van der Waals surface area contributed by atoms with Gasteiger partial charge in [0.1, 0.15) is 11.4 Å². The van der Waals surface area contributed by atoms with Gasteiger partial charge in [-0.15, -0.1) is 0 Å². The van der Waals surface area contributed by atoms with E-state index in [2.05, 4.69) is 190 Å². The maximum atomic E-state index is 5.56. The van der Waals surface area contributed by atoms with Crippen LogP contribution in [0.15, 0.2) is 168 Å². The SMILES string of the molecule is C/C=C(\C(C)CCC)N1C(c2ccc3c(-c4ccc(-c5ccccc5)cc4)c4ccccc4c(-c4ccccc4)c3c2)=NC2(C)C=CC=CC12. The van der Waals surface area contributed by atoms with E-state index in [0.29, 0.717) is 5.92 Å². The van der Waals surface area contributed by atoms with Crippen molar-refractivity contribution in [3.63, 3.8) is 0 Å². The molecule has 0 fully saturated rings. The van der Waals surface area contributed by atoms with Gasteiger partial charge in [-0.3, -0.25) is 4.99 Å². The Hall–Kier alpha value is -5.47. The first-order valence-corrected chi connectivity index (χ1v) is 18.1. The first kappa shape index (κ1) is 31.8. The van der Waals surface area contributed by atoms with Crippen molar-refractivity contribution in [1.82, 2.24) is 4.90 Å². The molecule has 1 aliphatic heterocycles. The number of hydrogen-bond donors (Lipinski definition) is 0. The number of amidine groups is 1. The summed E-state index contributed by atoms with van der Waals surface area (Å²) in [4.78, 5) is 8.10. The molecule has 50 heavy (non-hydrogen) atoms. The number of aliphatic imine (C=N–C) groups is 1. The van der Waals surface area contributed by atoms with E-state index in [-0.39, 0.29) is 11.6 Å². The van der Waals surface area contributed by atoms with Crippen LogP contribution in [0, 0.1) is 5.92 Å². The molecule has 6 aromatic rings. The molecule has 6 aromatic carbocycles. The van der Waals surface area contributed by atoms with Crippen LogP contribution in [0.1, 0.15) is 46.1 Å². The average Bonchev–Trinajstić information content (AvgIpc) is 3.47. The van der Waals surface area contributed by atoms with Gasteiger partial charge >= 0.3 is 0 Å². The highest BCUT2D eigenvalue weighted by Crippen LogP contribution is 2.46. The van der Waals surface area contributed by atoms with Crippen LogP contribution in [0.5, 0.6) is 0 Å². The normalized spacial score (nSPS) is 19.2. The molecule has 0 saturated carbocycles. The molecule has 0 spiro atoms. The van der Waals surface area contributed by atoms with E-state index >= 15 is 0 Å². The molecule has 1 aliphatic carbocycles. The highest BCUT2D eigenvalue weighted by molar-refractivity contribution is 6.22. The molecule has 0 aromatic heterocycles. The number of benzene rings is 6. The summed E-state index contributed by atoms with van der Waals surface area (Å²) in [7, 11) is 0. The third-order valence-electron chi connectivity index (χ3n) is 10.7. The van der Waals surface area contributed by atoms with Crippen molar-refractivity contribution in [3.05, 3.63) is 169 Å². The first-order valence-electron chi connectivity index (χ1n) is 18.1. The van der Waals surface area contributed by atoms with Gasteiger partial charge < -0.3 is 4.90 Å². The topological polar surface area (TPSA) is 15.6 Å². The Labute approximate surface area is 296 Å². The summed E-state index contributed by atoms with van der Waals surface area (Å²) in [6.07, 6.45) is 13.5. The third kappa shape index (κ3) is 5.40. The molecular formula is C48H44N2. The van der Waals surface area contributed by atoms with Crippen LogP contribution in [-0.2, 0) is 0 Å². The van der Waals surface area contributed by atoms with Crippen LogP contribution in [0.4, 0.5) is 0 Å². The fourth-order valence-electron chi connectivity index (χ4n) is 8.31. The minimum absolute atomic E-state index is 0.132. The van der Waals surface area contributed by atoms with Gasteiger partial charge in [-0.25, -0.2) is 0 Å². The minimum Gasteiger partial charge on any atom is -0.320 e. The third-order valence-corrected chi connectivity index (χ3v) is 10.7. The van der Waals surface area contributed by atoms with E-state index in [1.807, 2.05) is 0 Å². The number of fused-ring (bicyclic) bond motifs is 3. The predicted molar refractivity (Wildman–Crippen MR) is 214 cm³/mol. The van der Waals surface area contributed by atoms with E-state index in [1.54, 1.807) is 0 Å². The number of hydrogen-bond acceptors (Lipinski definition) is 2. The van der Waals surface area contributed by atoms with Gasteiger partial charge in [-0.05, 0) is 87.2 Å². The summed E-state index contributed by atoms with van der Waals surface area (Å²) >= 11 is 0. The lowest BCUT2D eigenvalue weighted by atomic mass is 9.85. The molecule has 0 N–H and O–H groups in total. The Morgan fingerprint density at radius 3 is 1.88 bits per heavy atom. The maximum Gasteiger partial charge on any atom is 0.136 e. The van der Waals surface area contributed by atoms with Crippen molar-refractivity contribution in [2.75, 3.05) is 0 Å². The molecule has 0 radical (unpaired) electrons. The summed E-state index contributed by atoms with van der Waals surface area (Å²) in [6, 6.07) is 46.8. The van der Waals surface area contributed by atoms with Gasteiger partial charge in [0.05, 0.1) is 6.04 Å². The Morgan fingerprint density at radius 1 is 0.680 bits per heavy atom. The molecule has 0 amide bonds. The van der Waals surface area contributed by atoms with Crippen LogP contribution in [0.3, 0.4) is 0 Å². The smallest absolute Gasteiger partial charge is 0.136 e. The second-order valence-electron chi connectivity index (χ2n) is 14.0. The molecule has 1 heterocycles. The Morgan fingerprint density at radius 2 is 1.22 bits per heavy atom. The minimum atomic E-state index is -0.337. The summed E-state index contributed by atoms with van der Waals surface area (Å²) in [5.41, 5.74) is 9.59. The van der Waals surface area contributed by atoms with Gasteiger partial charge in [0.25, 0.3) is 0 Å². The van der Waals surface area contributed by atoms with Gasteiger partial charge in [-0.2, -0.15) is 0 Å². The Kier molecular flexibility index (Phi) is 8.32. The number of allylic oxidation sites excluding steroid dienone is 4. The van der Waals surface area contributed by atoms with Gasteiger partial charge in [0.2, 0.25) is 0 Å².